The van der Waals surface area contributed by atoms with E-state index in [-0.39, 0.29) is 50.5 Å². The normalized spacial score (nSPS) is 30.6. The van der Waals surface area contributed by atoms with Gasteiger partial charge in [0.2, 0.25) is 27.7 Å². The minimum atomic E-state index is -3.88. The number of thiazole rings is 1. The maximum Gasteiger partial charge on any atom is 0.305 e. The Bertz CT molecular complexity index is 1750. The highest BCUT2D eigenvalue weighted by Crippen LogP contribution is 2.68. The molecule has 3 fully saturated rings. The third kappa shape index (κ3) is 4.04. The number of aromatic amines is 1. The number of carbonyl (C=O) groups is 3. The lowest BCUT2D eigenvalue weighted by Crippen LogP contribution is -2.46. The second kappa shape index (κ2) is 9.38. The molecule has 3 amide bonds. The Hall–Kier alpha value is -3.26. The number of hydrogen-bond donors (Lipinski definition) is 3. The van der Waals surface area contributed by atoms with Crippen molar-refractivity contribution in [3.63, 3.8) is 0 Å². The van der Waals surface area contributed by atoms with Gasteiger partial charge in [0.1, 0.15) is 6.04 Å². The number of H-pyrrole nitrogens is 1. The van der Waals surface area contributed by atoms with Gasteiger partial charge in [0.25, 0.3) is 0 Å². The Morgan fingerprint density at radius 1 is 1.02 bits per heavy atom. The van der Waals surface area contributed by atoms with Gasteiger partial charge in [-0.15, -0.1) is 11.8 Å². The molecule has 2 aromatic carbocycles. The predicted octanol–water partition coefficient (Wildman–Crippen LogP) is 2.58. The summed E-state index contributed by atoms with van der Waals surface area (Å²) in [7, 11) is -3.88. The van der Waals surface area contributed by atoms with Crippen LogP contribution in [0.4, 0.5) is 5.69 Å². The minimum Gasteiger partial charge on any atom is -0.324 e. The molecule has 2 aliphatic heterocycles. The van der Waals surface area contributed by atoms with E-state index in [1.165, 1.54) is 42.5 Å². The number of benzene rings is 2. The number of primary sulfonamides is 1. The average molecular weight is 611 g/mol. The minimum absolute atomic E-state index is 0.0368. The van der Waals surface area contributed by atoms with Crippen molar-refractivity contribution in [3.05, 3.63) is 74.7 Å². The first kappa shape index (κ1) is 26.6. The average Bonchev–Trinajstić information content (AvgIpc) is 3.67. The van der Waals surface area contributed by atoms with E-state index in [1.54, 1.807) is 11.8 Å². The van der Waals surface area contributed by atoms with Gasteiger partial charge in [-0.25, -0.2) is 13.6 Å². The van der Waals surface area contributed by atoms with E-state index in [2.05, 4.69) is 22.4 Å². The summed E-state index contributed by atoms with van der Waals surface area (Å²) >= 11 is 2.85. The number of nitrogens with two attached hydrogens (primary N) is 1. The molecular weight excluding hydrogens is 585 g/mol. The molecule has 7 rings (SSSR count). The quantitative estimate of drug-likeness (QED) is 0.375. The molecule has 41 heavy (non-hydrogen) atoms. The van der Waals surface area contributed by atoms with Gasteiger partial charge in [0, 0.05) is 21.7 Å². The molecule has 3 aromatic rings. The second-order valence-electron chi connectivity index (χ2n) is 11.2. The van der Waals surface area contributed by atoms with E-state index < -0.39 is 33.8 Å². The van der Waals surface area contributed by atoms with E-state index in [4.69, 9.17) is 5.14 Å². The topological polar surface area (TPSA) is 159 Å². The summed E-state index contributed by atoms with van der Waals surface area (Å²) < 4.78 is 23.0. The number of thioether (sulfide) groups is 1. The van der Waals surface area contributed by atoms with E-state index in [0.717, 1.165) is 26.8 Å². The zero-order chi connectivity index (χ0) is 28.8. The molecule has 13 heteroatoms. The van der Waals surface area contributed by atoms with Crippen LogP contribution in [0, 0.1) is 29.6 Å². The zero-order valence-electron chi connectivity index (χ0n) is 21.7. The van der Waals surface area contributed by atoms with E-state index in [0.29, 0.717) is 5.69 Å². The van der Waals surface area contributed by atoms with Crippen LogP contribution < -0.4 is 15.3 Å². The van der Waals surface area contributed by atoms with Crippen molar-refractivity contribution < 1.29 is 22.8 Å². The number of hydrogen-bond acceptors (Lipinski definition) is 8. The molecule has 3 heterocycles. The smallest absolute Gasteiger partial charge is 0.305 e. The monoisotopic (exact) mass is 610 g/mol. The number of imide groups is 1. The lowest BCUT2D eigenvalue weighted by molar-refractivity contribution is -0.146. The van der Waals surface area contributed by atoms with Crippen molar-refractivity contribution in [2.24, 2.45) is 34.7 Å². The van der Waals surface area contributed by atoms with E-state index in [1.807, 2.05) is 18.2 Å². The van der Waals surface area contributed by atoms with Crippen LogP contribution in [0.3, 0.4) is 0 Å². The van der Waals surface area contributed by atoms with Gasteiger partial charge < -0.3 is 10.3 Å². The first-order valence-electron chi connectivity index (χ1n) is 13.3. The zero-order valence-corrected chi connectivity index (χ0v) is 24.2. The fraction of sp³-hybridized carbons (Fsp3) is 0.357. The van der Waals surface area contributed by atoms with Gasteiger partial charge in [0.05, 0.1) is 21.8 Å². The number of fused-ring (bicyclic) bond motifs is 9. The standard InChI is InChI=1S/C28H26N4O6S3/c1-12(24(33)30-14-7-9-15(10-8-14)41(29,37)38)32-26(34)20-16-11-17(21(20)27(32)35)22-19(16)18(13-5-3-2-4-6-13)23-25(39-22)31-28(36)40-23/h2-10,12,16-22H,11H2,1H3,(H,30,33)(H,31,36)(H2,29,37,38). The van der Waals surface area contributed by atoms with Crippen LogP contribution in [-0.2, 0) is 24.4 Å². The SMILES string of the molecule is CC(C(=O)Nc1ccc(S(N)(=O)=O)cc1)N1C(=O)C2C3CC(C2C1=O)C1C(c2ccccc2)c2sc(=O)[nH]c2SC31. The second-order valence-corrected chi connectivity index (χ2v) is 14.9. The molecule has 212 valence electrons. The predicted molar refractivity (Wildman–Crippen MR) is 153 cm³/mol. The molecule has 10 nitrogen and oxygen atoms in total. The van der Waals surface area contributed by atoms with Crippen LogP contribution in [0.2, 0.25) is 0 Å². The molecule has 1 saturated heterocycles. The highest BCUT2D eigenvalue weighted by atomic mass is 32.2. The van der Waals surface area contributed by atoms with E-state index in [9.17, 15) is 27.6 Å². The summed E-state index contributed by atoms with van der Waals surface area (Å²) in [5, 5.41) is 8.74. The highest BCUT2D eigenvalue weighted by molar-refractivity contribution is 8.00. The Balaban J connectivity index is 1.16. The van der Waals surface area contributed by atoms with Crippen LogP contribution >= 0.6 is 23.1 Å². The fourth-order valence-corrected chi connectivity index (χ4v) is 11.0. The number of rotatable bonds is 5. The molecule has 4 aliphatic rings. The van der Waals surface area contributed by atoms with Crippen LogP contribution in [-0.4, -0.2) is 47.3 Å². The highest BCUT2D eigenvalue weighted by Gasteiger charge is 2.70. The molecular formula is C28H26N4O6S3. The van der Waals surface area contributed by atoms with Gasteiger partial charge >= 0.3 is 4.87 Å². The lowest BCUT2D eigenvalue weighted by Gasteiger charge is -2.43. The molecule has 1 aromatic heterocycles. The largest absolute Gasteiger partial charge is 0.324 e. The number of carbonyl (C=O) groups excluding carboxylic acids is 3. The van der Waals surface area contributed by atoms with Crippen molar-refractivity contribution in [1.82, 2.24) is 9.88 Å². The van der Waals surface area contributed by atoms with Crippen LogP contribution in [0.1, 0.15) is 29.7 Å². The number of aromatic nitrogens is 1. The number of nitrogens with one attached hydrogen (secondary N) is 2. The van der Waals surface area contributed by atoms with Gasteiger partial charge in [-0.2, -0.15) is 0 Å². The van der Waals surface area contributed by atoms with Crippen molar-refractivity contribution in [2.75, 3.05) is 5.32 Å². The van der Waals surface area contributed by atoms with Crippen LogP contribution in [0.15, 0.2) is 69.3 Å². The summed E-state index contributed by atoms with van der Waals surface area (Å²) in [4.78, 5) is 58.1. The summed E-state index contributed by atoms with van der Waals surface area (Å²) in [5.41, 5.74) is 1.42. The summed E-state index contributed by atoms with van der Waals surface area (Å²) in [6.07, 6.45) is 0.766. The number of nitrogens with zero attached hydrogens (tertiary/aromatic N) is 1. The number of sulfonamides is 1. The summed E-state index contributed by atoms with van der Waals surface area (Å²) in [6.45, 7) is 1.53. The molecule has 0 spiro atoms. The molecule has 4 N–H and O–H groups in total. The Morgan fingerprint density at radius 3 is 2.34 bits per heavy atom. The van der Waals surface area contributed by atoms with Crippen molar-refractivity contribution in [2.45, 2.75) is 40.5 Å². The van der Waals surface area contributed by atoms with E-state index >= 15 is 0 Å². The third-order valence-electron chi connectivity index (χ3n) is 9.13. The molecule has 2 saturated carbocycles. The summed E-state index contributed by atoms with van der Waals surface area (Å²) in [6, 6.07) is 14.3. The maximum absolute atomic E-state index is 13.9. The van der Waals surface area contributed by atoms with Gasteiger partial charge in [-0.05, 0) is 60.9 Å². The summed E-state index contributed by atoms with van der Waals surface area (Å²) in [5.74, 6) is -2.21. The van der Waals surface area contributed by atoms with Gasteiger partial charge in [-0.1, -0.05) is 41.7 Å². The maximum atomic E-state index is 13.9. The third-order valence-corrected chi connectivity index (χ3v) is 12.7. The first-order valence-corrected chi connectivity index (χ1v) is 16.5. The van der Waals surface area contributed by atoms with Crippen LogP contribution in [0.25, 0.3) is 0 Å². The number of anilines is 1. The number of likely N-dealkylation sites (tertiary alicyclic amines) is 1. The Morgan fingerprint density at radius 2 is 1.68 bits per heavy atom. The molecule has 8 atom stereocenters. The van der Waals surface area contributed by atoms with Crippen molar-refractivity contribution in [1.29, 1.82) is 0 Å². The Kier molecular flexibility index (Phi) is 6.09. The van der Waals surface area contributed by atoms with Crippen molar-refractivity contribution in [3.8, 4) is 0 Å². The molecule has 2 bridgehead atoms. The van der Waals surface area contributed by atoms with Crippen LogP contribution in [0.5, 0.6) is 0 Å². The number of amides is 3. The van der Waals surface area contributed by atoms with Gasteiger partial charge in [-0.3, -0.25) is 24.1 Å². The fourth-order valence-electron chi connectivity index (χ4n) is 7.55. The van der Waals surface area contributed by atoms with Crippen molar-refractivity contribution >= 4 is 56.5 Å². The van der Waals surface area contributed by atoms with Gasteiger partial charge in [0.15, 0.2) is 0 Å². The molecule has 2 aliphatic carbocycles. The molecule has 8 unspecified atom stereocenters. The Labute approximate surface area is 243 Å². The molecule has 0 radical (unpaired) electrons. The lowest BCUT2D eigenvalue weighted by atomic mass is 9.68. The first-order chi connectivity index (χ1) is 19.5.